The van der Waals surface area contributed by atoms with Crippen molar-refractivity contribution in [3.05, 3.63) is 106 Å². The van der Waals surface area contributed by atoms with Crippen LogP contribution in [0.2, 0.25) is 0 Å². The average molecular weight is 730 g/mol. The van der Waals surface area contributed by atoms with Gasteiger partial charge in [-0.25, -0.2) is 13.6 Å². The van der Waals surface area contributed by atoms with Gasteiger partial charge in [0.05, 0.1) is 6.04 Å². The van der Waals surface area contributed by atoms with E-state index in [9.17, 15) is 23.2 Å². The Morgan fingerprint density at radius 1 is 0.906 bits per heavy atom. The summed E-state index contributed by atoms with van der Waals surface area (Å²) in [4.78, 5) is 44.5. The minimum atomic E-state index is -0.948. The molecule has 0 spiro atoms. The van der Waals surface area contributed by atoms with Crippen molar-refractivity contribution in [1.82, 2.24) is 25.8 Å². The highest BCUT2D eigenvalue weighted by Crippen LogP contribution is 2.18. The third-order valence-corrected chi connectivity index (χ3v) is 8.84. The van der Waals surface area contributed by atoms with Gasteiger partial charge in [0.1, 0.15) is 17.7 Å². The van der Waals surface area contributed by atoms with Crippen molar-refractivity contribution >= 4 is 17.9 Å². The number of nitrogens with zero attached hydrogens (tertiary/aromatic N) is 2. The third-order valence-electron chi connectivity index (χ3n) is 8.84. The Balaban J connectivity index is 1.65. The van der Waals surface area contributed by atoms with Crippen molar-refractivity contribution in [3.8, 4) is 11.8 Å². The van der Waals surface area contributed by atoms with Gasteiger partial charge in [-0.15, -0.1) is 0 Å². The Labute approximate surface area is 312 Å². The molecule has 3 N–H and O–H groups in total. The molecule has 0 bridgehead atoms. The van der Waals surface area contributed by atoms with Gasteiger partial charge in [0.25, 0.3) is 11.8 Å². The van der Waals surface area contributed by atoms with Crippen LogP contribution in [0, 0.1) is 30.4 Å². The molecule has 284 valence electrons. The summed E-state index contributed by atoms with van der Waals surface area (Å²) in [6, 6.07) is 15.1. The molecule has 1 aliphatic rings. The second-order valence-corrected chi connectivity index (χ2v) is 13.5. The van der Waals surface area contributed by atoms with Crippen molar-refractivity contribution in [2.45, 2.75) is 78.5 Å². The fourth-order valence-corrected chi connectivity index (χ4v) is 6.31. The van der Waals surface area contributed by atoms with E-state index in [4.69, 9.17) is 4.74 Å². The SMILES string of the molecule is CCCC#Cc1cccc(CNC[C@H](OC(=O)N2CCNCC2)C(Cc2cc(F)cc(F)c2)NC(=O)c2cc(C)cc(C(=O)N(CCC)CCC)c2)c1. The number of carbonyl (C=O) groups is 3. The lowest BCUT2D eigenvalue weighted by molar-refractivity contribution is 0.0397. The number of rotatable bonds is 16. The third kappa shape index (κ3) is 13.0. The van der Waals surface area contributed by atoms with E-state index in [-0.39, 0.29) is 30.0 Å². The minimum absolute atomic E-state index is 0.0392. The molecule has 9 nitrogen and oxygen atoms in total. The number of aryl methyl sites for hydroxylation is 1. The molecule has 53 heavy (non-hydrogen) atoms. The zero-order valence-electron chi connectivity index (χ0n) is 31.4. The molecule has 1 aliphatic heterocycles. The standard InChI is InChI=1S/C42H53F2N5O4/c1-5-8-9-11-31-12-10-13-32(22-31)28-46-29-39(53-42(52)49-18-14-45-15-19-49)38(25-33-23-36(43)27-37(44)24-33)47-40(50)34-20-30(4)21-35(26-34)41(51)48(16-6-2)17-7-3/h10,12-13,20-24,26-27,38-39,45-46H,5-8,14-19,25,28-29H2,1-4H3,(H,47,50)/t38?,39-/m0/s1. The van der Waals surface area contributed by atoms with Crippen LogP contribution in [0.25, 0.3) is 0 Å². The van der Waals surface area contributed by atoms with E-state index in [1.807, 2.05) is 45.0 Å². The van der Waals surface area contributed by atoms with Crippen LogP contribution in [-0.4, -0.2) is 85.7 Å². The first-order valence-corrected chi connectivity index (χ1v) is 18.7. The van der Waals surface area contributed by atoms with E-state index >= 15 is 0 Å². The first-order chi connectivity index (χ1) is 25.6. The predicted octanol–water partition coefficient (Wildman–Crippen LogP) is 6.23. The maximum Gasteiger partial charge on any atom is 0.410 e. The number of benzene rings is 3. The van der Waals surface area contributed by atoms with Gasteiger partial charge in [-0.1, -0.05) is 44.7 Å². The number of hydrogen-bond donors (Lipinski definition) is 3. The van der Waals surface area contributed by atoms with Gasteiger partial charge in [-0.3, -0.25) is 9.59 Å². The number of nitrogens with one attached hydrogen (secondary N) is 3. The Hall–Kier alpha value is -4.79. The lowest BCUT2D eigenvalue weighted by Gasteiger charge is -2.32. The number of hydrogen-bond acceptors (Lipinski definition) is 6. The maximum atomic E-state index is 14.4. The molecule has 0 saturated carbocycles. The monoisotopic (exact) mass is 729 g/mol. The predicted molar refractivity (Wildman–Crippen MR) is 204 cm³/mol. The molecular formula is C42H53F2N5O4. The van der Waals surface area contributed by atoms with Crippen molar-refractivity contribution in [3.63, 3.8) is 0 Å². The van der Waals surface area contributed by atoms with Gasteiger partial charge in [0.15, 0.2) is 0 Å². The smallest absolute Gasteiger partial charge is 0.410 e. The average Bonchev–Trinajstić information content (AvgIpc) is 3.13. The number of halogens is 2. The van der Waals surface area contributed by atoms with E-state index in [1.54, 1.807) is 28.0 Å². The molecule has 3 aromatic rings. The van der Waals surface area contributed by atoms with Crippen LogP contribution < -0.4 is 16.0 Å². The molecule has 0 radical (unpaired) electrons. The lowest BCUT2D eigenvalue weighted by atomic mass is 9.99. The van der Waals surface area contributed by atoms with Gasteiger partial charge in [0, 0.05) is 81.5 Å². The Morgan fingerprint density at radius 3 is 2.28 bits per heavy atom. The van der Waals surface area contributed by atoms with Gasteiger partial charge >= 0.3 is 6.09 Å². The highest BCUT2D eigenvalue weighted by atomic mass is 19.1. The van der Waals surface area contributed by atoms with Gasteiger partial charge in [-0.05, 0) is 91.8 Å². The van der Waals surface area contributed by atoms with Crippen LogP contribution in [0.5, 0.6) is 0 Å². The van der Waals surface area contributed by atoms with Crippen LogP contribution >= 0.6 is 0 Å². The molecule has 4 rings (SSSR count). The summed E-state index contributed by atoms with van der Waals surface area (Å²) in [5.74, 6) is 4.15. The quantitative estimate of drug-likeness (QED) is 0.151. The molecule has 3 aromatic carbocycles. The van der Waals surface area contributed by atoms with Gasteiger partial charge in [0.2, 0.25) is 0 Å². The second kappa shape index (κ2) is 21.0. The Kier molecular flexibility index (Phi) is 16.3. The lowest BCUT2D eigenvalue weighted by Crippen LogP contribution is -2.53. The van der Waals surface area contributed by atoms with Crippen LogP contribution in [0.1, 0.15) is 89.4 Å². The maximum absolute atomic E-state index is 14.4. The van der Waals surface area contributed by atoms with Crippen LogP contribution in [0.3, 0.4) is 0 Å². The van der Waals surface area contributed by atoms with Crippen LogP contribution in [0.15, 0.2) is 60.7 Å². The highest BCUT2D eigenvalue weighted by molar-refractivity contribution is 6.00. The molecule has 0 aromatic heterocycles. The zero-order chi connectivity index (χ0) is 38.2. The molecule has 1 saturated heterocycles. The number of piperazine rings is 1. The van der Waals surface area contributed by atoms with Crippen LogP contribution in [-0.2, 0) is 17.7 Å². The van der Waals surface area contributed by atoms with Crippen molar-refractivity contribution in [1.29, 1.82) is 0 Å². The summed E-state index contributed by atoms with van der Waals surface area (Å²) in [6.45, 7) is 11.8. The van der Waals surface area contributed by atoms with Gasteiger partial charge in [-0.2, -0.15) is 0 Å². The number of unbranched alkanes of at least 4 members (excludes halogenated alkanes) is 1. The normalized spacial score (nSPS) is 13.7. The molecular weight excluding hydrogens is 676 g/mol. The van der Waals surface area contributed by atoms with Crippen molar-refractivity contribution in [2.75, 3.05) is 45.8 Å². The van der Waals surface area contributed by atoms with E-state index in [0.29, 0.717) is 51.4 Å². The molecule has 1 unspecified atom stereocenters. The second-order valence-electron chi connectivity index (χ2n) is 13.5. The summed E-state index contributed by atoms with van der Waals surface area (Å²) in [6.07, 6.45) is 1.84. The highest BCUT2D eigenvalue weighted by Gasteiger charge is 2.31. The first-order valence-electron chi connectivity index (χ1n) is 18.7. The number of carbonyl (C=O) groups excluding carboxylic acids is 3. The van der Waals surface area contributed by atoms with E-state index in [2.05, 4.69) is 34.7 Å². The molecule has 1 heterocycles. The topological polar surface area (TPSA) is 103 Å². The molecule has 1 fully saturated rings. The largest absolute Gasteiger partial charge is 0.443 e. The Morgan fingerprint density at radius 2 is 1.60 bits per heavy atom. The molecule has 3 amide bonds. The zero-order valence-corrected chi connectivity index (χ0v) is 31.4. The summed E-state index contributed by atoms with van der Waals surface area (Å²) in [5, 5.41) is 9.60. The Bertz CT molecular complexity index is 1720. The van der Waals surface area contributed by atoms with E-state index in [1.165, 1.54) is 12.1 Å². The summed E-state index contributed by atoms with van der Waals surface area (Å²) in [5.41, 5.74) is 3.50. The van der Waals surface area contributed by atoms with E-state index in [0.717, 1.165) is 48.4 Å². The number of amides is 3. The van der Waals surface area contributed by atoms with Crippen molar-refractivity contribution in [2.24, 2.45) is 0 Å². The van der Waals surface area contributed by atoms with Gasteiger partial charge < -0.3 is 30.5 Å². The summed E-state index contributed by atoms with van der Waals surface area (Å²) in [7, 11) is 0. The molecule has 2 atom stereocenters. The summed E-state index contributed by atoms with van der Waals surface area (Å²) >= 11 is 0. The van der Waals surface area contributed by atoms with Crippen molar-refractivity contribution < 1.29 is 27.9 Å². The fraction of sp³-hybridized carbons (Fsp3) is 0.452. The molecule has 0 aliphatic carbocycles. The number of ether oxygens (including phenoxy) is 1. The first kappa shape index (κ1) is 41.0. The van der Waals surface area contributed by atoms with Crippen LogP contribution in [0.4, 0.5) is 13.6 Å². The molecule has 11 heteroatoms. The minimum Gasteiger partial charge on any atom is -0.443 e. The summed E-state index contributed by atoms with van der Waals surface area (Å²) < 4.78 is 35.0. The fourth-order valence-electron chi connectivity index (χ4n) is 6.31. The van der Waals surface area contributed by atoms with E-state index < -0.39 is 35.8 Å².